The minimum absolute atomic E-state index is 0.0413. The summed E-state index contributed by atoms with van der Waals surface area (Å²) >= 11 is 6.99. The van der Waals surface area contributed by atoms with Crippen LogP contribution in [0.5, 0.6) is 0 Å². The summed E-state index contributed by atoms with van der Waals surface area (Å²) in [4.78, 5) is 35.4. The van der Waals surface area contributed by atoms with Gasteiger partial charge in [-0.3, -0.25) is 9.59 Å². The number of carbonyl (C=O) groups is 3. The number of carbonyl (C=O) groups excluding carboxylic acids is 2. The van der Waals surface area contributed by atoms with Gasteiger partial charge in [0.05, 0.1) is 17.2 Å². The molecule has 5 nitrogen and oxygen atoms in total. The van der Waals surface area contributed by atoms with Crippen LogP contribution in [0.3, 0.4) is 0 Å². The van der Waals surface area contributed by atoms with Gasteiger partial charge in [0.25, 0.3) is 0 Å². The molecule has 0 heterocycles. The van der Waals surface area contributed by atoms with E-state index in [1.54, 1.807) is 0 Å². The molecule has 0 aliphatic rings. The molecule has 0 spiro atoms. The van der Waals surface area contributed by atoms with E-state index in [-0.39, 0.29) is 22.3 Å². The molecule has 0 radical (unpaired) electrons. The number of thioether (sulfide) groups is 1. The Bertz CT molecular complexity index is 810. The van der Waals surface area contributed by atoms with Crippen LogP contribution in [-0.2, 0) is 16.0 Å². The highest BCUT2D eigenvalue weighted by atomic mass is 35.5. The first kappa shape index (κ1) is 20.0. The molecule has 0 aliphatic heterocycles. The Hall–Kier alpha value is -2.31. The van der Waals surface area contributed by atoms with Gasteiger partial charge < -0.3 is 10.4 Å². The highest BCUT2D eigenvalue weighted by Gasteiger charge is 2.22. The highest BCUT2D eigenvalue weighted by molar-refractivity contribution is 8.13. The Kier molecular flexibility index (Phi) is 7.24. The molecule has 1 unspecified atom stereocenters. The van der Waals surface area contributed by atoms with Gasteiger partial charge in [0, 0.05) is 17.7 Å². The van der Waals surface area contributed by atoms with Gasteiger partial charge in [0.15, 0.2) is 5.12 Å². The third kappa shape index (κ3) is 5.89. The van der Waals surface area contributed by atoms with Crippen molar-refractivity contribution in [2.24, 2.45) is 5.92 Å². The minimum atomic E-state index is -1.16. The molecular formula is C19H18ClNO4S. The molecule has 26 heavy (non-hydrogen) atoms. The van der Waals surface area contributed by atoms with Crippen molar-refractivity contribution in [3.63, 3.8) is 0 Å². The molecule has 7 heteroatoms. The summed E-state index contributed by atoms with van der Waals surface area (Å²) < 4.78 is 0. The third-order valence-electron chi connectivity index (χ3n) is 3.65. The molecule has 2 N–H and O–H groups in total. The molecule has 1 amide bonds. The van der Waals surface area contributed by atoms with Crippen molar-refractivity contribution in [1.82, 2.24) is 0 Å². The summed E-state index contributed by atoms with van der Waals surface area (Å²) in [7, 11) is 0. The summed E-state index contributed by atoms with van der Waals surface area (Å²) in [5, 5.41) is 12.2. The van der Waals surface area contributed by atoms with Gasteiger partial charge in [-0.05, 0) is 30.2 Å². The Balaban J connectivity index is 2.21. The molecule has 2 aromatic carbocycles. The number of aromatic carboxylic acids is 1. The fourth-order valence-corrected chi connectivity index (χ4v) is 3.26. The van der Waals surface area contributed by atoms with E-state index in [2.05, 4.69) is 5.32 Å². The summed E-state index contributed by atoms with van der Waals surface area (Å²) in [5.41, 5.74) is 1.06. The molecule has 0 fully saturated rings. The van der Waals surface area contributed by atoms with Crippen LogP contribution in [0.1, 0.15) is 22.8 Å². The smallest absolute Gasteiger partial charge is 0.337 e. The number of anilines is 1. The van der Waals surface area contributed by atoms with Crippen molar-refractivity contribution >= 4 is 46.0 Å². The van der Waals surface area contributed by atoms with E-state index in [1.807, 2.05) is 30.3 Å². The number of amides is 1. The number of carboxylic acid groups (broad SMARTS) is 1. The van der Waals surface area contributed by atoms with Crippen LogP contribution in [0.4, 0.5) is 5.69 Å². The van der Waals surface area contributed by atoms with Crippen molar-refractivity contribution in [2.75, 3.05) is 11.1 Å². The maximum Gasteiger partial charge on any atom is 0.337 e. The zero-order chi connectivity index (χ0) is 19.1. The number of benzene rings is 2. The van der Waals surface area contributed by atoms with Gasteiger partial charge in [-0.15, -0.1) is 0 Å². The van der Waals surface area contributed by atoms with Crippen molar-refractivity contribution < 1.29 is 19.5 Å². The fraction of sp³-hybridized carbons (Fsp3) is 0.211. The Labute approximate surface area is 160 Å². The maximum atomic E-state index is 12.7. The van der Waals surface area contributed by atoms with Crippen molar-refractivity contribution in [3.8, 4) is 0 Å². The zero-order valence-corrected chi connectivity index (χ0v) is 15.6. The van der Waals surface area contributed by atoms with Gasteiger partial charge in [0.2, 0.25) is 5.91 Å². The molecule has 0 aliphatic carbocycles. The lowest BCUT2D eigenvalue weighted by molar-refractivity contribution is -0.119. The monoisotopic (exact) mass is 391 g/mol. The van der Waals surface area contributed by atoms with Crippen LogP contribution in [0.25, 0.3) is 0 Å². The van der Waals surface area contributed by atoms with E-state index in [0.717, 1.165) is 17.3 Å². The van der Waals surface area contributed by atoms with Crippen LogP contribution in [-0.4, -0.2) is 27.9 Å². The summed E-state index contributed by atoms with van der Waals surface area (Å²) in [6.45, 7) is 1.45. The van der Waals surface area contributed by atoms with Gasteiger partial charge >= 0.3 is 5.97 Å². The van der Waals surface area contributed by atoms with Gasteiger partial charge in [-0.2, -0.15) is 0 Å². The first-order valence-corrected chi connectivity index (χ1v) is 9.24. The second-order valence-corrected chi connectivity index (χ2v) is 7.31. The number of nitrogens with one attached hydrogen (secondary N) is 1. The number of rotatable bonds is 7. The van der Waals surface area contributed by atoms with Crippen LogP contribution in [0.2, 0.25) is 5.02 Å². The average molecular weight is 392 g/mol. The summed E-state index contributed by atoms with van der Waals surface area (Å²) in [6.07, 6.45) is 0.440. The first-order valence-electron chi connectivity index (χ1n) is 7.88. The molecule has 0 aromatic heterocycles. The third-order valence-corrected chi connectivity index (χ3v) is 4.86. The lowest BCUT2D eigenvalue weighted by Gasteiger charge is -2.17. The van der Waals surface area contributed by atoms with Crippen LogP contribution in [0, 0.1) is 5.92 Å². The predicted molar refractivity (Wildman–Crippen MR) is 104 cm³/mol. The maximum absolute atomic E-state index is 12.7. The summed E-state index contributed by atoms with van der Waals surface area (Å²) in [5.74, 6) is -1.70. The molecule has 136 valence electrons. The van der Waals surface area contributed by atoms with Crippen molar-refractivity contribution in [1.29, 1.82) is 0 Å². The number of hydrogen-bond donors (Lipinski definition) is 2. The lowest BCUT2D eigenvalue weighted by Crippen LogP contribution is -2.27. The molecule has 0 bridgehead atoms. The Morgan fingerprint density at radius 2 is 1.85 bits per heavy atom. The van der Waals surface area contributed by atoms with E-state index < -0.39 is 11.9 Å². The largest absolute Gasteiger partial charge is 0.478 e. The normalized spacial score (nSPS) is 11.6. The predicted octanol–water partition coefficient (Wildman–Crippen LogP) is 4.12. The van der Waals surface area contributed by atoms with Crippen LogP contribution >= 0.6 is 23.4 Å². The molecule has 0 saturated heterocycles. The average Bonchev–Trinajstić information content (AvgIpc) is 2.59. The molecule has 2 aromatic rings. The quantitative estimate of drug-likeness (QED) is 0.741. The standard InChI is InChI=1S/C19H18ClNO4S/c1-12(22)26-11-14(9-13-5-3-2-4-6-13)18(23)21-17-10-15(20)7-8-16(17)19(24)25/h2-8,10,14H,9,11H2,1H3,(H,21,23)(H,24,25). The molecule has 1 atom stereocenters. The number of hydrogen-bond acceptors (Lipinski definition) is 4. The topological polar surface area (TPSA) is 83.5 Å². The number of carboxylic acids is 1. The Morgan fingerprint density at radius 3 is 2.46 bits per heavy atom. The van der Waals surface area contributed by atoms with Crippen molar-refractivity contribution in [2.45, 2.75) is 13.3 Å². The van der Waals surface area contributed by atoms with Gasteiger partial charge in [-0.25, -0.2) is 4.79 Å². The Morgan fingerprint density at radius 1 is 1.15 bits per heavy atom. The first-order chi connectivity index (χ1) is 12.4. The van der Waals surface area contributed by atoms with Gasteiger partial charge in [-0.1, -0.05) is 53.7 Å². The molecular weight excluding hydrogens is 374 g/mol. The van der Waals surface area contributed by atoms with E-state index in [0.29, 0.717) is 17.2 Å². The zero-order valence-electron chi connectivity index (χ0n) is 14.1. The second-order valence-electron chi connectivity index (χ2n) is 5.67. The van der Waals surface area contributed by atoms with E-state index in [1.165, 1.54) is 25.1 Å². The van der Waals surface area contributed by atoms with E-state index in [4.69, 9.17) is 11.6 Å². The van der Waals surface area contributed by atoms with E-state index >= 15 is 0 Å². The van der Waals surface area contributed by atoms with Crippen LogP contribution in [0.15, 0.2) is 48.5 Å². The molecule has 0 saturated carbocycles. The minimum Gasteiger partial charge on any atom is -0.478 e. The lowest BCUT2D eigenvalue weighted by atomic mass is 10.00. The van der Waals surface area contributed by atoms with Crippen LogP contribution < -0.4 is 5.32 Å². The highest BCUT2D eigenvalue weighted by Crippen LogP contribution is 2.23. The number of halogens is 1. The fourth-order valence-electron chi connectivity index (χ4n) is 2.39. The van der Waals surface area contributed by atoms with Crippen molar-refractivity contribution in [3.05, 3.63) is 64.7 Å². The van der Waals surface area contributed by atoms with Gasteiger partial charge in [0.1, 0.15) is 0 Å². The summed E-state index contributed by atoms with van der Waals surface area (Å²) in [6, 6.07) is 13.6. The second kappa shape index (κ2) is 9.40. The van der Waals surface area contributed by atoms with E-state index in [9.17, 15) is 19.5 Å². The SMILES string of the molecule is CC(=O)SCC(Cc1ccccc1)C(=O)Nc1cc(Cl)ccc1C(=O)O. The molecule has 2 rings (SSSR count).